The molecule has 3 heterocycles. The van der Waals surface area contributed by atoms with Crippen LogP contribution in [0.1, 0.15) is 42.5 Å². The Bertz CT molecular complexity index is 1140. The molecule has 0 aliphatic carbocycles. The van der Waals surface area contributed by atoms with Crippen molar-refractivity contribution in [3.8, 4) is 5.75 Å². The lowest BCUT2D eigenvalue weighted by molar-refractivity contribution is 0.194. The first-order valence-corrected chi connectivity index (χ1v) is 10.8. The van der Waals surface area contributed by atoms with Crippen LogP contribution in [0.5, 0.6) is 5.75 Å². The number of imidazole rings is 1. The summed E-state index contributed by atoms with van der Waals surface area (Å²) in [6, 6.07) is 17.4. The third-order valence-corrected chi connectivity index (χ3v) is 6.13. The molecule has 5 rings (SSSR count). The van der Waals surface area contributed by atoms with E-state index in [0.717, 1.165) is 37.6 Å². The first kappa shape index (κ1) is 18.9. The molecule has 0 saturated heterocycles. The van der Waals surface area contributed by atoms with Gasteiger partial charge in [-0.25, -0.2) is 4.98 Å². The molecule has 4 aromatic rings. The van der Waals surface area contributed by atoms with Crippen molar-refractivity contribution in [2.75, 3.05) is 13.2 Å². The topological polar surface area (TPSA) is 46.1 Å². The lowest BCUT2D eigenvalue weighted by Gasteiger charge is -2.36. The number of ether oxygens (including phenoxy) is 1. The zero-order chi connectivity index (χ0) is 20.5. The Kier molecular flexibility index (Phi) is 5.05. The van der Waals surface area contributed by atoms with Gasteiger partial charge in [-0.05, 0) is 49.6 Å². The Hall–Kier alpha value is -3.05. The highest BCUT2D eigenvalue weighted by Crippen LogP contribution is 2.39. The van der Waals surface area contributed by atoms with Crippen LogP contribution < -0.4 is 4.74 Å². The Labute approximate surface area is 177 Å². The van der Waals surface area contributed by atoms with E-state index in [1.807, 2.05) is 13.1 Å². The third-order valence-electron chi connectivity index (χ3n) is 6.13. The second-order valence-corrected chi connectivity index (χ2v) is 7.82. The summed E-state index contributed by atoms with van der Waals surface area (Å²) in [4.78, 5) is 10.9. The van der Waals surface area contributed by atoms with Gasteiger partial charge in [-0.15, -0.1) is 0 Å². The van der Waals surface area contributed by atoms with Crippen LogP contribution in [0.25, 0.3) is 10.9 Å². The second kappa shape index (κ2) is 8.00. The van der Waals surface area contributed by atoms with Crippen molar-refractivity contribution in [2.45, 2.75) is 39.4 Å². The van der Waals surface area contributed by atoms with Gasteiger partial charge in [0, 0.05) is 42.1 Å². The molecule has 0 fully saturated rings. The molecule has 0 amide bonds. The lowest BCUT2D eigenvalue weighted by Crippen LogP contribution is -2.36. The quantitative estimate of drug-likeness (QED) is 0.499. The number of benzene rings is 2. The number of aromatic amines is 1. The van der Waals surface area contributed by atoms with Gasteiger partial charge < -0.3 is 14.3 Å². The summed E-state index contributed by atoms with van der Waals surface area (Å²) in [6.45, 7) is 7.64. The largest absolute Gasteiger partial charge is 0.494 e. The molecule has 0 bridgehead atoms. The van der Waals surface area contributed by atoms with E-state index in [0.29, 0.717) is 6.61 Å². The number of fused-ring (bicyclic) bond motifs is 3. The lowest BCUT2D eigenvalue weighted by atomic mass is 9.92. The third kappa shape index (κ3) is 3.29. The minimum Gasteiger partial charge on any atom is -0.494 e. The summed E-state index contributed by atoms with van der Waals surface area (Å²) in [7, 11) is 0. The van der Waals surface area contributed by atoms with Crippen LogP contribution in [-0.4, -0.2) is 32.6 Å². The predicted octanol–water partition coefficient (Wildman–Crippen LogP) is 4.93. The maximum absolute atomic E-state index is 5.67. The monoisotopic (exact) mass is 400 g/mol. The van der Waals surface area contributed by atoms with Crippen molar-refractivity contribution in [2.24, 2.45) is 0 Å². The van der Waals surface area contributed by atoms with E-state index >= 15 is 0 Å². The average molecular weight is 401 g/mol. The van der Waals surface area contributed by atoms with Gasteiger partial charge >= 0.3 is 0 Å². The van der Waals surface area contributed by atoms with Gasteiger partial charge in [0.25, 0.3) is 0 Å². The van der Waals surface area contributed by atoms with E-state index in [1.165, 1.54) is 27.7 Å². The normalized spacial score (nSPS) is 16.7. The van der Waals surface area contributed by atoms with Gasteiger partial charge in [-0.2, -0.15) is 0 Å². The molecule has 2 aromatic heterocycles. The van der Waals surface area contributed by atoms with E-state index in [2.05, 4.69) is 81.1 Å². The van der Waals surface area contributed by atoms with Crippen molar-refractivity contribution >= 4 is 10.9 Å². The molecule has 5 heteroatoms. The van der Waals surface area contributed by atoms with Crippen LogP contribution in [0.3, 0.4) is 0 Å². The zero-order valence-electron chi connectivity index (χ0n) is 17.6. The first-order chi connectivity index (χ1) is 14.8. The van der Waals surface area contributed by atoms with Crippen LogP contribution in [0.4, 0.5) is 0 Å². The van der Waals surface area contributed by atoms with Crippen LogP contribution in [0.2, 0.25) is 0 Å². The average Bonchev–Trinajstić information content (AvgIpc) is 3.38. The van der Waals surface area contributed by atoms with Gasteiger partial charge in [-0.3, -0.25) is 4.90 Å². The molecule has 2 aromatic carbocycles. The molecule has 0 saturated carbocycles. The molecular weight excluding hydrogens is 372 g/mol. The highest BCUT2D eigenvalue weighted by molar-refractivity contribution is 5.85. The van der Waals surface area contributed by atoms with Crippen molar-refractivity contribution < 1.29 is 4.74 Å². The number of hydrogen-bond donors (Lipinski definition) is 1. The Morgan fingerprint density at radius 3 is 2.73 bits per heavy atom. The number of H-pyrrole nitrogens is 1. The van der Waals surface area contributed by atoms with E-state index in [1.54, 1.807) is 0 Å². The highest BCUT2D eigenvalue weighted by atomic mass is 16.5. The summed E-state index contributed by atoms with van der Waals surface area (Å²) in [5.74, 6) is 2.04. The Morgan fingerprint density at radius 2 is 1.93 bits per heavy atom. The van der Waals surface area contributed by atoms with Crippen molar-refractivity contribution in [1.82, 2.24) is 19.4 Å². The number of nitrogens with one attached hydrogen (secondary N) is 1. The van der Waals surface area contributed by atoms with E-state index in [-0.39, 0.29) is 6.04 Å². The predicted molar refractivity (Wildman–Crippen MR) is 120 cm³/mol. The van der Waals surface area contributed by atoms with Crippen LogP contribution in [0.15, 0.2) is 60.9 Å². The fourth-order valence-electron chi connectivity index (χ4n) is 4.71. The van der Waals surface area contributed by atoms with E-state index < -0.39 is 0 Å². The zero-order valence-corrected chi connectivity index (χ0v) is 17.6. The minimum absolute atomic E-state index is 0.166. The number of aryl methyl sites for hydroxylation is 1. The summed E-state index contributed by atoms with van der Waals surface area (Å²) < 4.78 is 7.91. The van der Waals surface area contributed by atoms with Crippen molar-refractivity contribution in [1.29, 1.82) is 0 Å². The smallest absolute Gasteiger partial charge is 0.122 e. The number of rotatable bonds is 6. The number of nitrogens with zero attached hydrogens (tertiary/aromatic N) is 3. The summed E-state index contributed by atoms with van der Waals surface area (Å²) in [5.41, 5.74) is 5.25. The molecule has 1 N–H and O–H groups in total. The van der Waals surface area contributed by atoms with Crippen LogP contribution in [0, 0.1) is 0 Å². The molecular formula is C25H28N4O. The number of hydrogen-bond acceptors (Lipinski definition) is 3. The summed E-state index contributed by atoms with van der Waals surface area (Å²) in [5, 5.41) is 1.35. The fraction of sp³-hybridized carbons (Fsp3) is 0.320. The Morgan fingerprint density at radius 1 is 1.10 bits per heavy atom. The molecule has 5 nitrogen and oxygen atoms in total. The first-order valence-electron chi connectivity index (χ1n) is 10.8. The maximum Gasteiger partial charge on any atom is 0.122 e. The number of aromatic nitrogens is 3. The van der Waals surface area contributed by atoms with E-state index in [4.69, 9.17) is 4.74 Å². The standard InChI is InChI=1S/C25H28N4O/c1-3-28-16-14-26-23(28)17-29-15-13-21-20-7-5-6-8-22(20)27-24(21)25(29)18-9-11-19(12-10-18)30-4-2/h5-12,14,16,25,27H,3-4,13,15,17H2,1-2H3/t25-/m1/s1. The molecule has 0 radical (unpaired) electrons. The van der Waals surface area contributed by atoms with E-state index in [9.17, 15) is 0 Å². The van der Waals surface area contributed by atoms with Gasteiger partial charge in [0.05, 0.1) is 19.2 Å². The van der Waals surface area contributed by atoms with Crippen molar-refractivity contribution in [3.05, 3.63) is 83.6 Å². The molecule has 154 valence electrons. The Balaban J connectivity index is 1.58. The minimum atomic E-state index is 0.166. The fourth-order valence-corrected chi connectivity index (χ4v) is 4.71. The number of para-hydroxylation sites is 1. The summed E-state index contributed by atoms with van der Waals surface area (Å²) in [6.07, 6.45) is 5.02. The van der Waals surface area contributed by atoms with Gasteiger partial charge in [0.1, 0.15) is 11.6 Å². The van der Waals surface area contributed by atoms with Gasteiger partial charge in [0.2, 0.25) is 0 Å². The highest BCUT2D eigenvalue weighted by Gasteiger charge is 2.32. The molecule has 0 unspecified atom stereocenters. The maximum atomic E-state index is 5.67. The SMILES string of the molecule is CCOc1ccc([C@@H]2c3[nH]c4ccccc4c3CCN2Cc2nccn2CC)cc1. The summed E-state index contributed by atoms with van der Waals surface area (Å²) >= 11 is 0. The van der Waals surface area contributed by atoms with Crippen LogP contribution >= 0.6 is 0 Å². The molecule has 1 atom stereocenters. The second-order valence-electron chi connectivity index (χ2n) is 7.82. The molecule has 0 spiro atoms. The van der Waals surface area contributed by atoms with Crippen molar-refractivity contribution in [3.63, 3.8) is 0 Å². The molecule has 1 aliphatic heterocycles. The molecule has 1 aliphatic rings. The molecule has 30 heavy (non-hydrogen) atoms. The van der Waals surface area contributed by atoms with Crippen LogP contribution in [-0.2, 0) is 19.5 Å². The van der Waals surface area contributed by atoms with Gasteiger partial charge in [-0.1, -0.05) is 30.3 Å². The van der Waals surface area contributed by atoms with Gasteiger partial charge in [0.15, 0.2) is 0 Å².